The molecule has 130 valence electrons. The summed E-state index contributed by atoms with van der Waals surface area (Å²) in [6.07, 6.45) is 11.8. The summed E-state index contributed by atoms with van der Waals surface area (Å²) >= 11 is 0. The molecule has 1 N–H and O–H groups in total. The molecule has 3 nitrogen and oxygen atoms in total. The number of hydrogen-bond donors (Lipinski definition) is 1. The van der Waals surface area contributed by atoms with E-state index >= 15 is 0 Å². The highest BCUT2D eigenvalue weighted by atomic mass is 16.4. The first kappa shape index (κ1) is 16.1. The van der Waals surface area contributed by atoms with Crippen LogP contribution >= 0.6 is 0 Å². The maximum absolute atomic E-state index is 11.9. The first-order valence-electron chi connectivity index (χ1n) is 9.52. The Balaban J connectivity index is 1.67. The van der Waals surface area contributed by atoms with E-state index in [1.807, 2.05) is 6.08 Å². The number of carbonyl (C=O) groups excluding carboxylic acids is 1. The lowest BCUT2D eigenvalue weighted by molar-refractivity contribution is -0.131. The number of carboxylic acid groups (broad SMARTS) is 1. The molecule has 0 aromatic rings. The minimum atomic E-state index is -0.791. The van der Waals surface area contributed by atoms with E-state index in [1.165, 1.54) is 30.1 Å². The van der Waals surface area contributed by atoms with Crippen molar-refractivity contribution in [1.29, 1.82) is 0 Å². The Morgan fingerprint density at radius 3 is 2.58 bits per heavy atom. The maximum atomic E-state index is 11.9. The minimum absolute atomic E-state index is 0.0849. The van der Waals surface area contributed by atoms with Crippen LogP contribution in [0.2, 0.25) is 0 Å². The normalized spacial score (nSPS) is 46.1. The monoisotopic (exact) mass is 328 g/mol. The van der Waals surface area contributed by atoms with Crippen molar-refractivity contribution in [1.82, 2.24) is 0 Å². The Morgan fingerprint density at radius 1 is 1.08 bits per heavy atom. The Bertz CT molecular complexity index is 658. The van der Waals surface area contributed by atoms with Gasteiger partial charge in [-0.3, -0.25) is 4.79 Å². The summed E-state index contributed by atoms with van der Waals surface area (Å²) in [6, 6.07) is 0. The zero-order valence-electron chi connectivity index (χ0n) is 14.8. The third-order valence-corrected chi connectivity index (χ3v) is 8.11. The highest BCUT2D eigenvalue weighted by Gasteiger charge is 2.57. The molecule has 5 atom stereocenters. The van der Waals surface area contributed by atoms with Crippen LogP contribution in [0.25, 0.3) is 0 Å². The number of rotatable bonds is 1. The third-order valence-electron chi connectivity index (χ3n) is 8.11. The molecule has 0 aliphatic heterocycles. The summed E-state index contributed by atoms with van der Waals surface area (Å²) in [5.74, 6) is 1.51. The van der Waals surface area contributed by atoms with Gasteiger partial charge < -0.3 is 5.11 Å². The SMILES string of the molecule is CC12CCC(=O)C=C1CCC1C2CCC2(C)/C(=C/C(=O)O)CCC12. The number of hydrogen-bond acceptors (Lipinski definition) is 2. The van der Waals surface area contributed by atoms with E-state index in [2.05, 4.69) is 13.8 Å². The minimum Gasteiger partial charge on any atom is -0.478 e. The van der Waals surface area contributed by atoms with Crippen LogP contribution in [0.3, 0.4) is 0 Å². The second kappa shape index (κ2) is 5.31. The molecule has 3 heteroatoms. The Morgan fingerprint density at radius 2 is 1.83 bits per heavy atom. The van der Waals surface area contributed by atoms with E-state index in [-0.39, 0.29) is 10.8 Å². The molecule has 0 aromatic carbocycles. The molecule has 3 saturated carbocycles. The van der Waals surface area contributed by atoms with Crippen LogP contribution < -0.4 is 0 Å². The molecule has 0 radical (unpaired) electrons. The molecule has 0 bridgehead atoms. The number of fused-ring (bicyclic) bond motifs is 5. The summed E-state index contributed by atoms with van der Waals surface area (Å²) in [6.45, 7) is 4.71. The summed E-state index contributed by atoms with van der Waals surface area (Å²) in [5.41, 5.74) is 2.87. The number of ketones is 1. The highest BCUT2D eigenvalue weighted by Crippen LogP contribution is 2.66. The van der Waals surface area contributed by atoms with Gasteiger partial charge in [0.1, 0.15) is 0 Å². The van der Waals surface area contributed by atoms with Crippen molar-refractivity contribution < 1.29 is 14.7 Å². The van der Waals surface area contributed by atoms with Gasteiger partial charge in [0.25, 0.3) is 0 Å². The summed E-state index contributed by atoms with van der Waals surface area (Å²) < 4.78 is 0. The van der Waals surface area contributed by atoms with Gasteiger partial charge >= 0.3 is 5.97 Å². The zero-order chi connectivity index (χ0) is 17.1. The molecule has 0 aromatic heterocycles. The van der Waals surface area contributed by atoms with Crippen molar-refractivity contribution in [2.45, 2.75) is 65.2 Å². The van der Waals surface area contributed by atoms with E-state index in [4.69, 9.17) is 0 Å². The Labute approximate surface area is 144 Å². The smallest absolute Gasteiger partial charge is 0.328 e. The molecular weight excluding hydrogens is 300 g/mol. The molecule has 3 fully saturated rings. The molecule has 0 heterocycles. The van der Waals surface area contributed by atoms with Gasteiger partial charge in [-0.15, -0.1) is 0 Å². The zero-order valence-corrected chi connectivity index (χ0v) is 14.8. The fourth-order valence-electron chi connectivity index (χ4n) is 6.79. The molecule has 24 heavy (non-hydrogen) atoms. The van der Waals surface area contributed by atoms with E-state index in [9.17, 15) is 14.7 Å². The number of carboxylic acids is 1. The average Bonchev–Trinajstić information content (AvgIpc) is 2.84. The second-order valence-electron chi connectivity index (χ2n) is 8.97. The van der Waals surface area contributed by atoms with Crippen LogP contribution in [0.15, 0.2) is 23.3 Å². The van der Waals surface area contributed by atoms with E-state index < -0.39 is 5.97 Å². The molecular formula is C21H28O3. The molecule has 5 unspecified atom stereocenters. The van der Waals surface area contributed by atoms with Gasteiger partial charge in [-0.05, 0) is 79.6 Å². The first-order chi connectivity index (χ1) is 11.3. The van der Waals surface area contributed by atoms with Crippen LogP contribution in [-0.4, -0.2) is 16.9 Å². The lowest BCUT2D eigenvalue weighted by Crippen LogP contribution is -2.49. The van der Waals surface area contributed by atoms with Crippen LogP contribution in [0, 0.1) is 28.6 Å². The topological polar surface area (TPSA) is 54.4 Å². The molecule has 0 spiro atoms. The van der Waals surface area contributed by atoms with Crippen molar-refractivity contribution in [3.8, 4) is 0 Å². The highest BCUT2D eigenvalue weighted by molar-refractivity contribution is 5.91. The van der Waals surface area contributed by atoms with E-state index in [0.29, 0.717) is 30.0 Å². The summed E-state index contributed by atoms with van der Waals surface area (Å²) in [7, 11) is 0. The maximum Gasteiger partial charge on any atom is 0.328 e. The van der Waals surface area contributed by atoms with E-state index in [1.54, 1.807) is 0 Å². The molecule has 0 saturated heterocycles. The van der Waals surface area contributed by atoms with Gasteiger partial charge in [0.05, 0.1) is 0 Å². The molecule has 0 amide bonds. The van der Waals surface area contributed by atoms with Crippen LogP contribution in [0.5, 0.6) is 0 Å². The van der Waals surface area contributed by atoms with Crippen LogP contribution in [-0.2, 0) is 9.59 Å². The lowest BCUT2D eigenvalue weighted by atomic mass is 9.47. The van der Waals surface area contributed by atoms with Gasteiger partial charge in [-0.2, -0.15) is 0 Å². The van der Waals surface area contributed by atoms with Gasteiger partial charge in [-0.25, -0.2) is 4.79 Å². The van der Waals surface area contributed by atoms with E-state index in [0.717, 1.165) is 32.1 Å². The average molecular weight is 328 g/mol. The second-order valence-corrected chi connectivity index (χ2v) is 8.97. The van der Waals surface area contributed by atoms with Gasteiger partial charge in [0.15, 0.2) is 5.78 Å². The number of carbonyl (C=O) groups is 2. The fourth-order valence-corrected chi connectivity index (χ4v) is 6.79. The van der Waals surface area contributed by atoms with Crippen molar-refractivity contribution in [3.63, 3.8) is 0 Å². The summed E-state index contributed by atoms with van der Waals surface area (Å²) in [4.78, 5) is 23.1. The number of allylic oxidation sites excluding steroid dienone is 2. The molecule has 4 rings (SSSR count). The lowest BCUT2D eigenvalue weighted by Gasteiger charge is -2.57. The van der Waals surface area contributed by atoms with Crippen molar-refractivity contribution in [2.75, 3.05) is 0 Å². The van der Waals surface area contributed by atoms with Gasteiger partial charge in [0, 0.05) is 12.5 Å². The van der Waals surface area contributed by atoms with Gasteiger partial charge in [-0.1, -0.05) is 25.0 Å². The fraction of sp³-hybridized carbons (Fsp3) is 0.714. The largest absolute Gasteiger partial charge is 0.478 e. The first-order valence-corrected chi connectivity index (χ1v) is 9.52. The molecule has 4 aliphatic rings. The van der Waals surface area contributed by atoms with Gasteiger partial charge in [0.2, 0.25) is 0 Å². The van der Waals surface area contributed by atoms with Crippen molar-refractivity contribution in [3.05, 3.63) is 23.3 Å². The molecule has 4 aliphatic carbocycles. The Kier molecular flexibility index (Phi) is 3.56. The number of aliphatic carboxylic acids is 1. The Hall–Kier alpha value is -1.38. The summed E-state index contributed by atoms with van der Waals surface area (Å²) in [5, 5.41) is 9.22. The third kappa shape index (κ3) is 2.16. The van der Waals surface area contributed by atoms with Crippen molar-refractivity contribution in [2.24, 2.45) is 28.6 Å². The van der Waals surface area contributed by atoms with Crippen LogP contribution in [0.4, 0.5) is 0 Å². The quantitative estimate of drug-likeness (QED) is 0.720. The standard InChI is InChI=1S/C21H28O3/c1-20-9-7-15(22)11-13(20)3-5-16-17-6-4-14(12-19(23)24)21(17,2)10-8-18(16)20/h11-12,16-18H,3-10H2,1-2H3,(H,23,24)/b14-12+. The van der Waals surface area contributed by atoms with Crippen molar-refractivity contribution >= 4 is 11.8 Å². The predicted octanol–water partition coefficient (Wildman–Crippen LogP) is 4.53. The van der Waals surface area contributed by atoms with Crippen LogP contribution in [0.1, 0.15) is 65.2 Å². The predicted molar refractivity (Wildman–Crippen MR) is 92.4 cm³/mol.